The van der Waals surface area contributed by atoms with E-state index in [0.29, 0.717) is 5.91 Å². The summed E-state index contributed by atoms with van der Waals surface area (Å²) >= 11 is 1.64. The van der Waals surface area contributed by atoms with E-state index in [-0.39, 0.29) is 6.04 Å². The number of anilines is 1. The molecular formula is C16H24N4OS. The van der Waals surface area contributed by atoms with E-state index in [0.717, 1.165) is 75.4 Å². The first-order valence-corrected chi connectivity index (χ1v) is 9.36. The third-order valence-electron chi connectivity index (χ3n) is 5.53. The van der Waals surface area contributed by atoms with Crippen molar-refractivity contribution in [1.82, 2.24) is 15.2 Å². The normalized spacial score (nSPS) is 32.1. The first-order chi connectivity index (χ1) is 10.8. The smallest absolute Gasteiger partial charge is 0.245 e. The van der Waals surface area contributed by atoms with Crippen molar-refractivity contribution in [2.75, 3.05) is 37.6 Å². The molecule has 1 N–H and O–H groups in total. The van der Waals surface area contributed by atoms with Crippen molar-refractivity contribution in [3.8, 4) is 0 Å². The number of hydrogen-bond acceptors (Lipinski definition) is 5. The zero-order chi connectivity index (χ0) is 14.9. The monoisotopic (exact) mass is 320 g/mol. The second-order valence-corrected chi connectivity index (χ2v) is 7.62. The van der Waals surface area contributed by atoms with Crippen LogP contribution in [0.15, 0.2) is 11.6 Å². The highest BCUT2D eigenvalue weighted by Crippen LogP contribution is 2.31. The lowest BCUT2D eigenvalue weighted by Crippen LogP contribution is -2.46. The maximum absolute atomic E-state index is 13.0. The van der Waals surface area contributed by atoms with Crippen LogP contribution in [0.25, 0.3) is 0 Å². The van der Waals surface area contributed by atoms with Gasteiger partial charge in [0.25, 0.3) is 0 Å². The maximum Gasteiger partial charge on any atom is 0.245 e. The molecule has 6 heteroatoms. The van der Waals surface area contributed by atoms with E-state index < -0.39 is 0 Å². The Morgan fingerprint density at radius 3 is 2.64 bits per heavy atom. The van der Waals surface area contributed by atoms with Crippen LogP contribution in [0.4, 0.5) is 5.13 Å². The minimum atomic E-state index is 0.0159. The standard InChI is InChI=1S/C16H24N4OS/c21-15(14-2-1-6-20(14)16-18-5-9-22-16)19-7-3-12-10-17-11-13(12)4-8-19/h5,9,12-14,17H,1-4,6-8,10-11H2/t12-,13+,14?. The van der Waals surface area contributed by atoms with Crippen LogP contribution in [0.1, 0.15) is 25.7 Å². The van der Waals surface area contributed by atoms with Crippen molar-refractivity contribution in [1.29, 1.82) is 0 Å². The average molecular weight is 320 g/mol. The molecule has 3 atom stereocenters. The third-order valence-corrected chi connectivity index (χ3v) is 6.34. The highest BCUT2D eigenvalue weighted by atomic mass is 32.1. The Kier molecular flexibility index (Phi) is 4.05. The molecule has 0 radical (unpaired) electrons. The highest BCUT2D eigenvalue weighted by molar-refractivity contribution is 7.13. The third kappa shape index (κ3) is 2.63. The van der Waals surface area contributed by atoms with Gasteiger partial charge in [-0.15, -0.1) is 11.3 Å². The molecule has 3 saturated heterocycles. The van der Waals surface area contributed by atoms with Gasteiger partial charge in [0.1, 0.15) is 6.04 Å². The van der Waals surface area contributed by atoms with Crippen LogP contribution in [0, 0.1) is 11.8 Å². The molecule has 1 amide bonds. The molecule has 120 valence electrons. The van der Waals surface area contributed by atoms with Gasteiger partial charge < -0.3 is 15.1 Å². The topological polar surface area (TPSA) is 48.5 Å². The van der Waals surface area contributed by atoms with E-state index >= 15 is 0 Å². The molecule has 22 heavy (non-hydrogen) atoms. The zero-order valence-corrected chi connectivity index (χ0v) is 13.7. The van der Waals surface area contributed by atoms with Crippen molar-refractivity contribution in [2.45, 2.75) is 31.7 Å². The molecule has 0 bridgehead atoms. The SMILES string of the molecule is O=C(C1CCCN1c1nccs1)N1CC[C@@H]2CNC[C@@H]2CC1. The molecule has 1 aromatic rings. The van der Waals surface area contributed by atoms with E-state index in [1.807, 2.05) is 11.6 Å². The van der Waals surface area contributed by atoms with Crippen molar-refractivity contribution >= 4 is 22.4 Å². The van der Waals surface area contributed by atoms with E-state index in [1.54, 1.807) is 11.3 Å². The van der Waals surface area contributed by atoms with Crippen LogP contribution in [-0.4, -0.2) is 54.6 Å². The first-order valence-electron chi connectivity index (χ1n) is 8.48. The van der Waals surface area contributed by atoms with Crippen LogP contribution in [-0.2, 0) is 4.79 Å². The number of nitrogens with zero attached hydrogens (tertiary/aromatic N) is 3. The lowest BCUT2D eigenvalue weighted by molar-refractivity contribution is -0.132. The fraction of sp³-hybridized carbons (Fsp3) is 0.750. The summed E-state index contributed by atoms with van der Waals surface area (Å²) in [5, 5.41) is 6.50. The Morgan fingerprint density at radius 1 is 1.18 bits per heavy atom. The van der Waals surface area contributed by atoms with Crippen molar-refractivity contribution in [2.24, 2.45) is 11.8 Å². The quantitative estimate of drug-likeness (QED) is 0.899. The summed E-state index contributed by atoms with van der Waals surface area (Å²) in [5.41, 5.74) is 0. The molecule has 3 fully saturated rings. The largest absolute Gasteiger partial charge is 0.341 e. The lowest BCUT2D eigenvalue weighted by atomic mass is 9.92. The molecule has 4 heterocycles. The second kappa shape index (κ2) is 6.16. The molecule has 3 aliphatic rings. The fourth-order valence-electron chi connectivity index (χ4n) is 4.26. The summed E-state index contributed by atoms with van der Waals surface area (Å²) in [4.78, 5) is 21.8. The molecule has 5 nitrogen and oxygen atoms in total. The van der Waals surface area contributed by atoms with Crippen LogP contribution >= 0.6 is 11.3 Å². The van der Waals surface area contributed by atoms with E-state index in [1.165, 1.54) is 0 Å². The van der Waals surface area contributed by atoms with Gasteiger partial charge in [-0.1, -0.05) is 0 Å². The highest BCUT2D eigenvalue weighted by Gasteiger charge is 2.37. The van der Waals surface area contributed by atoms with Crippen molar-refractivity contribution in [3.63, 3.8) is 0 Å². The van der Waals surface area contributed by atoms with E-state index in [4.69, 9.17) is 0 Å². The number of rotatable bonds is 2. The molecule has 0 aliphatic carbocycles. The van der Waals surface area contributed by atoms with Gasteiger partial charge in [-0.25, -0.2) is 4.98 Å². The summed E-state index contributed by atoms with van der Waals surface area (Å²) in [6.45, 7) is 5.11. The molecule has 0 spiro atoms. The number of aromatic nitrogens is 1. The van der Waals surface area contributed by atoms with E-state index in [2.05, 4.69) is 20.1 Å². The zero-order valence-electron chi connectivity index (χ0n) is 12.9. The molecule has 4 rings (SSSR count). The molecule has 3 aliphatic heterocycles. The molecule has 0 saturated carbocycles. The Balaban J connectivity index is 1.44. The molecule has 1 aromatic heterocycles. The number of thiazole rings is 1. The summed E-state index contributed by atoms with van der Waals surface area (Å²) in [7, 11) is 0. The number of nitrogens with one attached hydrogen (secondary N) is 1. The predicted molar refractivity (Wildman–Crippen MR) is 88.1 cm³/mol. The second-order valence-electron chi connectivity index (χ2n) is 6.75. The van der Waals surface area contributed by atoms with Gasteiger partial charge in [0.05, 0.1) is 0 Å². The average Bonchev–Trinajstić information content (AvgIpc) is 3.26. The Morgan fingerprint density at radius 2 is 1.95 bits per heavy atom. The summed E-state index contributed by atoms with van der Waals surface area (Å²) < 4.78 is 0. The maximum atomic E-state index is 13.0. The Hall–Kier alpha value is -1.14. The van der Waals surface area contributed by atoms with Gasteiger partial charge in [-0.3, -0.25) is 4.79 Å². The predicted octanol–water partition coefficient (Wildman–Crippen LogP) is 1.57. The number of carbonyl (C=O) groups is 1. The fourth-order valence-corrected chi connectivity index (χ4v) is 4.98. The molecular weight excluding hydrogens is 296 g/mol. The van der Waals surface area contributed by atoms with Crippen LogP contribution in [0.3, 0.4) is 0 Å². The lowest BCUT2D eigenvalue weighted by Gasteiger charge is -2.29. The van der Waals surface area contributed by atoms with Gasteiger partial charge in [-0.05, 0) is 50.6 Å². The minimum absolute atomic E-state index is 0.0159. The molecule has 1 unspecified atom stereocenters. The van der Waals surface area contributed by atoms with Gasteiger partial charge in [-0.2, -0.15) is 0 Å². The van der Waals surface area contributed by atoms with Gasteiger partial charge >= 0.3 is 0 Å². The number of amides is 1. The number of carbonyl (C=O) groups excluding carboxylic acids is 1. The van der Waals surface area contributed by atoms with Crippen LogP contribution in [0.5, 0.6) is 0 Å². The first kappa shape index (κ1) is 14.5. The van der Waals surface area contributed by atoms with Gasteiger partial charge in [0.15, 0.2) is 5.13 Å². The van der Waals surface area contributed by atoms with Gasteiger partial charge in [0.2, 0.25) is 5.91 Å². The number of hydrogen-bond donors (Lipinski definition) is 1. The Labute approximate surface area is 135 Å². The van der Waals surface area contributed by atoms with Crippen LogP contribution in [0.2, 0.25) is 0 Å². The number of fused-ring (bicyclic) bond motifs is 1. The Bertz CT molecular complexity index is 506. The summed E-state index contributed by atoms with van der Waals surface area (Å²) in [6.07, 6.45) is 6.23. The van der Waals surface area contributed by atoms with Crippen LogP contribution < -0.4 is 10.2 Å². The summed E-state index contributed by atoms with van der Waals surface area (Å²) in [6, 6.07) is 0.0159. The van der Waals surface area contributed by atoms with Gasteiger partial charge in [0, 0.05) is 31.2 Å². The van der Waals surface area contributed by atoms with E-state index in [9.17, 15) is 4.79 Å². The van der Waals surface area contributed by atoms with Crippen molar-refractivity contribution < 1.29 is 4.79 Å². The number of likely N-dealkylation sites (tertiary alicyclic amines) is 1. The molecule has 0 aromatic carbocycles. The summed E-state index contributed by atoms with van der Waals surface area (Å²) in [5.74, 6) is 1.88. The minimum Gasteiger partial charge on any atom is -0.341 e. The van der Waals surface area contributed by atoms with Crippen molar-refractivity contribution in [3.05, 3.63) is 11.6 Å².